The maximum atomic E-state index is 14.0. The van der Waals surface area contributed by atoms with Gasteiger partial charge in [-0.15, -0.1) is 0 Å². The molecule has 0 unspecified atom stereocenters. The van der Waals surface area contributed by atoms with E-state index in [1.165, 1.54) is 12.5 Å². The van der Waals surface area contributed by atoms with Crippen LogP contribution in [-0.2, 0) is 28.6 Å². The van der Waals surface area contributed by atoms with E-state index in [-0.39, 0.29) is 52.5 Å². The molecule has 3 saturated carbocycles. The molecule has 1 N–H and O–H groups in total. The van der Waals surface area contributed by atoms with Gasteiger partial charge in [0.1, 0.15) is 12.2 Å². The normalized spacial score (nSPS) is 39.4. The van der Waals surface area contributed by atoms with E-state index >= 15 is 0 Å². The van der Waals surface area contributed by atoms with Crippen molar-refractivity contribution < 1.29 is 33.7 Å². The fourth-order valence-corrected chi connectivity index (χ4v) is 13.0. The number of hydrogen-bond donors (Lipinski definition) is 1. The second kappa shape index (κ2) is 16.1. The topological polar surface area (TPSA) is 109 Å². The molecule has 1 heterocycles. The first kappa shape index (κ1) is 43.1. The van der Waals surface area contributed by atoms with Crippen molar-refractivity contribution in [2.75, 3.05) is 74.1 Å². The molecule has 0 radical (unpaired) electrons. The van der Waals surface area contributed by atoms with Gasteiger partial charge in [-0.3, -0.25) is 19.3 Å². The van der Waals surface area contributed by atoms with Gasteiger partial charge in [0.05, 0.1) is 25.7 Å². The zero-order valence-corrected chi connectivity index (χ0v) is 36.0. The van der Waals surface area contributed by atoms with Crippen LogP contribution < -0.4 is 0 Å². The summed E-state index contributed by atoms with van der Waals surface area (Å²) in [5, 5.41) is 11.0. The summed E-state index contributed by atoms with van der Waals surface area (Å²) in [5.74, 6) is -0.722. The predicted molar refractivity (Wildman–Crippen MR) is 212 cm³/mol. The van der Waals surface area contributed by atoms with E-state index in [9.17, 15) is 19.5 Å². The Bertz CT molecular complexity index is 1400. The van der Waals surface area contributed by atoms with Gasteiger partial charge >= 0.3 is 17.9 Å². The van der Waals surface area contributed by atoms with Gasteiger partial charge in [-0.2, -0.15) is 0 Å². The lowest BCUT2D eigenvalue weighted by molar-refractivity contribution is -0.263. The monoisotopic (exact) mass is 758 g/mol. The van der Waals surface area contributed by atoms with Crippen LogP contribution in [0, 0.1) is 56.7 Å². The number of nitrogens with zero attached hydrogens (tertiary/aromatic N) is 3. The van der Waals surface area contributed by atoms with Gasteiger partial charge < -0.3 is 29.1 Å². The minimum Gasteiger partial charge on any atom is -0.481 e. The predicted octanol–water partition coefficient (Wildman–Crippen LogP) is 6.62. The van der Waals surface area contributed by atoms with Crippen LogP contribution in [-0.4, -0.2) is 124 Å². The molecular formula is C44H75N3O7. The van der Waals surface area contributed by atoms with E-state index in [0.29, 0.717) is 32.0 Å². The number of aliphatic carboxylic acids is 1. The number of hydrogen-bond acceptors (Lipinski definition) is 9. The quantitative estimate of drug-likeness (QED) is 0.145. The highest BCUT2D eigenvalue weighted by Crippen LogP contribution is 2.75. The second-order valence-corrected chi connectivity index (χ2v) is 20.2. The molecular weight excluding hydrogens is 682 g/mol. The van der Waals surface area contributed by atoms with E-state index in [1.54, 1.807) is 0 Å². The molecule has 0 spiro atoms. The van der Waals surface area contributed by atoms with E-state index in [1.807, 2.05) is 0 Å². The van der Waals surface area contributed by atoms with Crippen LogP contribution in [0.2, 0.25) is 0 Å². The van der Waals surface area contributed by atoms with Crippen LogP contribution >= 0.6 is 0 Å². The van der Waals surface area contributed by atoms with Crippen molar-refractivity contribution in [3.8, 4) is 0 Å². The standard InChI is InChI=1S/C44H75N3O7/c1-29(2)30(3)40(5)19-20-42(7)32-15-16-35-41(6)27-52-28-44(35,33(32)17-18-43(42,8)37(40)39(50)51)25-34(53-31(4)48)38(41)54-36(49)26-47(23-13-21-45(9)10)24-14-22-46(11)12/h17,29-30,32,34-35,37-38H,13-16,18-28H2,1-12H3,(H,50,51)/t30-,32+,34-,35+,37-,38+,40-,41-,42-,43+,44+/m1/s1. The fraction of sp³-hybridized carbons (Fsp3) is 0.886. The molecule has 5 aliphatic rings. The molecule has 1 aliphatic heterocycles. The third-order valence-electron chi connectivity index (χ3n) is 16.2. The van der Waals surface area contributed by atoms with E-state index in [0.717, 1.165) is 64.7 Å². The number of allylic oxidation sites excluding steroid dienone is 1. The third kappa shape index (κ3) is 7.56. The summed E-state index contributed by atoms with van der Waals surface area (Å²) >= 11 is 0. The van der Waals surface area contributed by atoms with Crippen molar-refractivity contribution in [2.45, 2.75) is 119 Å². The largest absolute Gasteiger partial charge is 0.481 e. The lowest BCUT2D eigenvalue weighted by Gasteiger charge is -2.71. The first-order chi connectivity index (χ1) is 25.2. The molecule has 4 aliphatic carbocycles. The number of rotatable bonds is 15. The van der Waals surface area contributed by atoms with Crippen molar-refractivity contribution in [1.29, 1.82) is 0 Å². The zero-order valence-electron chi connectivity index (χ0n) is 36.0. The smallest absolute Gasteiger partial charge is 0.320 e. The van der Waals surface area contributed by atoms with Crippen LogP contribution in [0.4, 0.5) is 0 Å². The molecule has 0 aromatic carbocycles. The Morgan fingerprint density at radius 2 is 1.52 bits per heavy atom. The van der Waals surface area contributed by atoms with Crippen molar-refractivity contribution >= 4 is 17.9 Å². The second-order valence-electron chi connectivity index (χ2n) is 20.2. The molecule has 11 atom stereocenters. The van der Waals surface area contributed by atoms with Gasteiger partial charge in [0.15, 0.2) is 0 Å². The first-order valence-electron chi connectivity index (χ1n) is 21.1. The average molecular weight is 758 g/mol. The van der Waals surface area contributed by atoms with Gasteiger partial charge in [-0.05, 0) is 146 Å². The summed E-state index contributed by atoms with van der Waals surface area (Å²) in [6.45, 7) is 21.9. The Morgan fingerprint density at radius 1 is 0.889 bits per heavy atom. The van der Waals surface area contributed by atoms with Crippen LogP contribution in [0.1, 0.15) is 107 Å². The third-order valence-corrected chi connectivity index (χ3v) is 16.2. The van der Waals surface area contributed by atoms with Crippen molar-refractivity contribution in [2.24, 2.45) is 56.7 Å². The highest BCUT2D eigenvalue weighted by Gasteiger charge is 2.72. The molecule has 0 aromatic rings. The molecule has 54 heavy (non-hydrogen) atoms. The molecule has 10 heteroatoms. The molecule has 308 valence electrons. The SMILES string of the molecule is CC(=O)O[C@@H]1C[C@@]23COC[C@](C)([C@@H]2CC[C@H]2C3=CC[C@@]3(C)[C@H](C(=O)O)[C@@](C)([C@H](C)C(C)C)CC[C@]23C)[C@H]1OC(=O)CN(CCCN(C)C)CCCN(C)C. The number of carboxylic acid groups (broad SMARTS) is 1. The van der Waals surface area contributed by atoms with Gasteiger partial charge in [-0.1, -0.05) is 60.1 Å². The maximum Gasteiger partial charge on any atom is 0.320 e. The van der Waals surface area contributed by atoms with E-state index in [2.05, 4.69) is 97.4 Å². The van der Waals surface area contributed by atoms with E-state index in [4.69, 9.17) is 14.2 Å². The van der Waals surface area contributed by atoms with Gasteiger partial charge in [0.2, 0.25) is 0 Å². The number of fused-ring (bicyclic) bond motifs is 3. The lowest BCUT2D eigenvalue weighted by Crippen LogP contribution is -2.70. The van der Waals surface area contributed by atoms with Gasteiger partial charge in [-0.25, -0.2) is 0 Å². The van der Waals surface area contributed by atoms with Crippen molar-refractivity contribution in [1.82, 2.24) is 14.7 Å². The summed E-state index contributed by atoms with van der Waals surface area (Å²) in [4.78, 5) is 46.8. The Labute approximate surface area is 327 Å². The highest BCUT2D eigenvalue weighted by atomic mass is 16.6. The molecule has 5 rings (SSSR count). The molecule has 0 amide bonds. The first-order valence-corrected chi connectivity index (χ1v) is 21.1. The minimum absolute atomic E-state index is 0.181. The number of esters is 2. The Kier molecular flexibility index (Phi) is 12.8. The van der Waals surface area contributed by atoms with E-state index < -0.39 is 34.9 Å². The average Bonchev–Trinajstić information content (AvgIpc) is 3.05. The molecule has 2 bridgehead atoms. The van der Waals surface area contributed by atoms with Gasteiger partial charge in [0.25, 0.3) is 0 Å². The molecule has 10 nitrogen and oxygen atoms in total. The van der Waals surface area contributed by atoms with Crippen LogP contribution in [0.3, 0.4) is 0 Å². The highest BCUT2D eigenvalue weighted by molar-refractivity contribution is 5.73. The van der Waals surface area contributed by atoms with Crippen molar-refractivity contribution in [3.05, 3.63) is 11.6 Å². The number of ether oxygens (including phenoxy) is 3. The Morgan fingerprint density at radius 3 is 2.07 bits per heavy atom. The zero-order chi connectivity index (χ0) is 40.0. The molecule has 4 fully saturated rings. The lowest BCUT2D eigenvalue weighted by atomic mass is 9.34. The Balaban J connectivity index is 1.46. The number of carboxylic acids is 1. The molecule has 0 aromatic heterocycles. The number of carbonyl (C=O) groups excluding carboxylic acids is 2. The summed E-state index contributed by atoms with van der Waals surface area (Å²) in [6, 6.07) is 0. The summed E-state index contributed by atoms with van der Waals surface area (Å²) in [6.07, 6.45) is 8.11. The molecule has 1 saturated heterocycles. The fourth-order valence-electron chi connectivity index (χ4n) is 13.0. The summed E-state index contributed by atoms with van der Waals surface area (Å²) in [5.41, 5.74) is -0.492. The summed E-state index contributed by atoms with van der Waals surface area (Å²) < 4.78 is 19.3. The van der Waals surface area contributed by atoms with Crippen LogP contribution in [0.25, 0.3) is 0 Å². The van der Waals surface area contributed by atoms with Crippen LogP contribution in [0.15, 0.2) is 11.6 Å². The Hall–Kier alpha value is -2.01. The summed E-state index contributed by atoms with van der Waals surface area (Å²) in [7, 11) is 8.27. The maximum absolute atomic E-state index is 14.0. The van der Waals surface area contributed by atoms with Crippen LogP contribution in [0.5, 0.6) is 0 Å². The minimum atomic E-state index is -0.665. The van der Waals surface area contributed by atoms with Gasteiger partial charge in [0, 0.05) is 17.8 Å². The number of carbonyl (C=O) groups is 3. The van der Waals surface area contributed by atoms with Crippen molar-refractivity contribution in [3.63, 3.8) is 0 Å².